The van der Waals surface area contributed by atoms with Crippen molar-refractivity contribution in [2.24, 2.45) is 0 Å². The van der Waals surface area contributed by atoms with Crippen LogP contribution in [0.2, 0.25) is 0 Å². The van der Waals surface area contributed by atoms with Gasteiger partial charge in [0.05, 0.1) is 27.4 Å². The molecule has 2 aromatic rings. The molecule has 0 bridgehead atoms. The summed E-state index contributed by atoms with van der Waals surface area (Å²) < 4.78 is 10.3. The number of hydroxylamine groups is 2. The number of benzene rings is 2. The predicted molar refractivity (Wildman–Crippen MR) is 151 cm³/mol. The van der Waals surface area contributed by atoms with E-state index in [0.29, 0.717) is 25.3 Å². The third-order valence-electron chi connectivity index (χ3n) is 5.61. The van der Waals surface area contributed by atoms with Crippen LogP contribution in [0.5, 0.6) is 11.5 Å². The van der Waals surface area contributed by atoms with Crippen LogP contribution in [-0.4, -0.2) is 59.4 Å². The first-order valence-electron chi connectivity index (χ1n) is 12.5. The van der Waals surface area contributed by atoms with Crippen LogP contribution in [0, 0.1) is 0 Å². The molecule has 0 aliphatic rings. The largest absolute Gasteiger partial charge is 0.497 e. The summed E-state index contributed by atoms with van der Waals surface area (Å²) in [6, 6.07) is 17.1. The van der Waals surface area contributed by atoms with Crippen LogP contribution >= 0.6 is 12.6 Å². The van der Waals surface area contributed by atoms with E-state index >= 15 is 0 Å². The Balaban J connectivity index is 0.000000362. The maximum absolute atomic E-state index is 5.38. The molecule has 8 nitrogen and oxygen atoms in total. The van der Waals surface area contributed by atoms with Gasteiger partial charge in [-0.3, -0.25) is 0 Å². The third-order valence-corrected chi connectivity index (χ3v) is 5.97. The Labute approximate surface area is 223 Å². The average Bonchev–Trinajstić information content (AvgIpc) is 2.93. The zero-order valence-corrected chi connectivity index (χ0v) is 23.6. The number of thiol groups is 1. The molecular formula is C27H46N4O4S. The summed E-state index contributed by atoms with van der Waals surface area (Å²) in [7, 11) is 5.09. The fourth-order valence-electron chi connectivity index (χ4n) is 3.13. The van der Waals surface area contributed by atoms with Crippen LogP contribution in [0.15, 0.2) is 48.5 Å². The molecule has 4 N–H and O–H groups in total. The minimum Gasteiger partial charge on any atom is -0.497 e. The Morgan fingerprint density at radius 1 is 0.778 bits per heavy atom. The van der Waals surface area contributed by atoms with Crippen LogP contribution in [-0.2, 0) is 9.68 Å². The van der Waals surface area contributed by atoms with E-state index in [1.54, 1.807) is 21.3 Å². The average molecular weight is 523 g/mol. The van der Waals surface area contributed by atoms with Crippen molar-refractivity contribution in [2.75, 3.05) is 53.3 Å². The van der Waals surface area contributed by atoms with E-state index in [-0.39, 0.29) is 6.04 Å². The Kier molecular flexibility index (Phi) is 18.1. The molecule has 0 saturated carbocycles. The first-order chi connectivity index (χ1) is 17.5. The van der Waals surface area contributed by atoms with E-state index in [2.05, 4.69) is 67.1 Å². The molecule has 204 valence electrons. The van der Waals surface area contributed by atoms with Crippen molar-refractivity contribution in [2.45, 2.75) is 45.3 Å². The van der Waals surface area contributed by atoms with E-state index in [1.165, 1.54) is 11.1 Å². The summed E-state index contributed by atoms with van der Waals surface area (Å²) in [6.45, 7) is 9.25. The lowest BCUT2D eigenvalue weighted by atomic mass is 10.1. The number of hydrogen-bond acceptors (Lipinski definition) is 9. The van der Waals surface area contributed by atoms with Crippen molar-refractivity contribution in [3.05, 3.63) is 59.7 Å². The molecule has 3 atom stereocenters. The zero-order chi connectivity index (χ0) is 26.6. The van der Waals surface area contributed by atoms with Gasteiger partial charge in [-0.1, -0.05) is 31.2 Å². The molecule has 0 aromatic heterocycles. The van der Waals surface area contributed by atoms with Crippen LogP contribution in [0.1, 0.15) is 50.4 Å². The minimum absolute atomic E-state index is 0.227. The summed E-state index contributed by atoms with van der Waals surface area (Å²) in [5.41, 5.74) is 8.09. The van der Waals surface area contributed by atoms with Gasteiger partial charge < -0.3 is 29.8 Å². The molecule has 0 fully saturated rings. The van der Waals surface area contributed by atoms with Gasteiger partial charge in [0.1, 0.15) is 11.5 Å². The Morgan fingerprint density at radius 3 is 1.81 bits per heavy atom. The van der Waals surface area contributed by atoms with Crippen molar-refractivity contribution in [1.29, 1.82) is 0 Å². The van der Waals surface area contributed by atoms with Gasteiger partial charge in [0.25, 0.3) is 0 Å². The van der Waals surface area contributed by atoms with Crippen LogP contribution in [0.25, 0.3) is 0 Å². The van der Waals surface area contributed by atoms with Crippen LogP contribution in [0.3, 0.4) is 0 Å². The lowest BCUT2D eigenvalue weighted by Gasteiger charge is -2.17. The molecule has 0 saturated heterocycles. The highest BCUT2D eigenvalue weighted by molar-refractivity contribution is 7.80. The second kappa shape index (κ2) is 20.2. The molecule has 0 radical (unpaired) electrons. The van der Waals surface area contributed by atoms with Gasteiger partial charge in [-0.15, -0.1) is 0 Å². The number of rotatable bonds is 17. The summed E-state index contributed by atoms with van der Waals surface area (Å²) >= 11 is 4.35. The molecule has 36 heavy (non-hydrogen) atoms. The van der Waals surface area contributed by atoms with Gasteiger partial charge in [-0.05, 0) is 55.7 Å². The second-order valence-corrected chi connectivity index (χ2v) is 8.60. The van der Waals surface area contributed by atoms with Gasteiger partial charge in [0.15, 0.2) is 0 Å². The molecular weight excluding hydrogens is 476 g/mol. The molecule has 0 heterocycles. The Hall–Kier alpha value is -1.85. The fraction of sp³-hybridized carbons (Fsp3) is 0.556. The lowest BCUT2D eigenvalue weighted by Crippen LogP contribution is -2.30. The topological polar surface area (TPSA) is 85.0 Å². The smallest absolute Gasteiger partial charge is 0.118 e. The van der Waals surface area contributed by atoms with Gasteiger partial charge in [-0.25, -0.2) is 5.48 Å². The highest BCUT2D eigenvalue weighted by atomic mass is 32.1. The van der Waals surface area contributed by atoms with Gasteiger partial charge >= 0.3 is 0 Å². The predicted octanol–water partition coefficient (Wildman–Crippen LogP) is 4.07. The summed E-state index contributed by atoms with van der Waals surface area (Å²) in [6.07, 6.45) is 1.07. The lowest BCUT2D eigenvalue weighted by molar-refractivity contribution is 0.0205. The molecule has 0 aliphatic carbocycles. The van der Waals surface area contributed by atoms with Crippen molar-refractivity contribution in [3.8, 4) is 11.5 Å². The summed E-state index contributed by atoms with van der Waals surface area (Å²) in [5, 5.41) is 6.80. The van der Waals surface area contributed by atoms with E-state index in [9.17, 15) is 0 Å². The molecule has 0 aliphatic heterocycles. The van der Waals surface area contributed by atoms with Crippen LogP contribution in [0.4, 0.5) is 0 Å². The van der Waals surface area contributed by atoms with Crippen molar-refractivity contribution in [1.82, 2.24) is 21.6 Å². The Bertz CT molecular complexity index is 780. The standard InChI is InChI=1S/C15H26N2O2.C12H20N2O2S/c1-5-12(2)17-19-11-10-16-13(3)14-6-8-15(18-4)9-7-14;1-13-16-8-7-14-12(9-17)10-3-5-11(15-2)6-4-10/h6-9,12-13,16-17H,5,10-11H2,1-4H3;3-6,12-14,17H,7-9H2,1-2H3/t12?,13-;12-/m11/s1. The van der Waals surface area contributed by atoms with Crippen LogP contribution < -0.4 is 31.1 Å². The fourth-order valence-corrected chi connectivity index (χ4v) is 3.47. The number of methoxy groups -OCH3 is 2. The van der Waals surface area contributed by atoms with Gasteiger partial charge in [0.2, 0.25) is 0 Å². The van der Waals surface area contributed by atoms with Crippen molar-refractivity contribution >= 4 is 12.6 Å². The van der Waals surface area contributed by atoms with Gasteiger partial charge in [0, 0.05) is 44.0 Å². The maximum atomic E-state index is 5.38. The molecule has 0 spiro atoms. The number of nitrogens with one attached hydrogen (secondary N) is 4. The summed E-state index contributed by atoms with van der Waals surface area (Å²) in [4.78, 5) is 10.4. The molecule has 2 rings (SSSR count). The van der Waals surface area contributed by atoms with E-state index in [0.717, 1.165) is 36.8 Å². The quantitative estimate of drug-likeness (QED) is 0.121. The highest BCUT2D eigenvalue weighted by Crippen LogP contribution is 2.18. The first kappa shape index (κ1) is 32.2. The number of hydrogen-bond donors (Lipinski definition) is 5. The zero-order valence-electron chi connectivity index (χ0n) is 22.7. The molecule has 1 unspecified atom stereocenters. The van der Waals surface area contributed by atoms with E-state index in [4.69, 9.17) is 19.1 Å². The second-order valence-electron chi connectivity index (χ2n) is 8.24. The third kappa shape index (κ3) is 13.5. The maximum Gasteiger partial charge on any atom is 0.118 e. The highest BCUT2D eigenvalue weighted by Gasteiger charge is 2.08. The summed E-state index contributed by atoms with van der Waals surface area (Å²) in [5.74, 6) is 2.49. The normalized spacial score (nSPS) is 13.3. The first-order valence-corrected chi connectivity index (χ1v) is 13.1. The van der Waals surface area contributed by atoms with E-state index < -0.39 is 0 Å². The van der Waals surface area contributed by atoms with Gasteiger partial charge in [-0.2, -0.15) is 18.1 Å². The Morgan fingerprint density at radius 2 is 1.31 bits per heavy atom. The monoisotopic (exact) mass is 522 g/mol. The SMILES string of the molecule is CCC(C)NOCCN[C@H](C)c1ccc(OC)cc1.CNOCCN[C@H](CS)c1ccc(OC)cc1. The molecule has 2 aromatic carbocycles. The van der Waals surface area contributed by atoms with Crippen molar-refractivity contribution in [3.63, 3.8) is 0 Å². The molecule has 9 heteroatoms. The number of ether oxygens (including phenoxy) is 2. The minimum atomic E-state index is 0.227. The molecule has 0 amide bonds. The van der Waals surface area contributed by atoms with Crippen molar-refractivity contribution < 1.29 is 19.1 Å². The van der Waals surface area contributed by atoms with E-state index in [1.807, 2.05) is 36.4 Å².